The fourth-order valence-electron chi connectivity index (χ4n) is 5.32. The molecule has 0 saturated carbocycles. The molecule has 3 heterocycles. The molecule has 5 nitrogen and oxygen atoms in total. The van der Waals surface area contributed by atoms with Crippen LogP contribution in [0.25, 0.3) is 5.57 Å². The van der Waals surface area contributed by atoms with E-state index in [4.69, 9.17) is 4.74 Å². The Morgan fingerprint density at radius 2 is 1.67 bits per heavy atom. The summed E-state index contributed by atoms with van der Waals surface area (Å²) in [5.74, 6) is -1.32. The number of amides is 1. The van der Waals surface area contributed by atoms with Crippen molar-refractivity contribution >= 4 is 11.5 Å². The Bertz CT molecular complexity index is 1350. The van der Waals surface area contributed by atoms with Crippen molar-refractivity contribution in [1.82, 2.24) is 15.1 Å². The number of hydrogen-bond acceptors (Lipinski definition) is 3. The lowest BCUT2D eigenvalue weighted by Crippen LogP contribution is -2.39. The minimum absolute atomic E-state index is 0.0517. The molecule has 1 aromatic heterocycles. The second-order valence-electron chi connectivity index (χ2n) is 9.65. The van der Waals surface area contributed by atoms with E-state index in [0.717, 1.165) is 0 Å². The highest BCUT2D eigenvalue weighted by atomic mass is 19.4. The SMILES string of the molecule is CC(O[C@H]1CN2C(=O)C=C(c3cn[nH]c3)C[C@H]2C1c1ccc(F)cc1)c1cc(C(F)(F)F)cc(C(F)(F)F)c1. The molecule has 0 spiro atoms. The monoisotopic (exact) mass is 553 g/mol. The molecule has 2 aliphatic rings. The zero-order valence-corrected chi connectivity index (χ0v) is 20.4. The summed E-state index contributed by atoms with van der Waals surface area (Å²) in [6, 6.07) is 6.47. The Labute approximate surface area is 218 Å². The van der Waals surface area contributed by atoms with Gasteiger partial charge in [-0.3, -0.25) is 9.89 Å². The molecule has 2 unspecified atom stereocenters. The first-order chi connectivity index (χ1) is 18.3. The molecule has 1 N–H and O–H groups in total. The summed E-state index contributed by atoms with van der Waals surface area (Å²) in [6.07, 6.45) is -6.90. The Morgan fingerprint density at radius 1 is 1.03 bits per heavy atom. The predicted octanol–water partition coefficient (Wildman–Crippen LogP) is 6.51. The topological polar surface area (TPSA) is 58.2 Å². The molecule has 4 atom stereocenters. The summed E-state index contributed by atoms with van der Waals surface area (Å²) in [5, 5.41) is 6.61. The van der Waals surface area contributed by atoms with Crippen LogP contribution in [0.2, 0.25) is 0 Å². The number of aromatic nitrogens is 2. The number of carbonyl (C=O) groups is 1. The summed E-state index contributed by atoms with van der Waals surface area (Å²) < 4.78 is 100. The molecule has 0 aliphatic carbocycles. The molecule has 12 heteroatoms. The summed E-state index contributed by atoms with van der Waals surface area (Å²) in [4.78, 5) is 14.6. The molecule has 3 aromatic rings. The Morgan fingerprint density at radius 3 is 2.23 bits per heavy atom. The first-order valence-corrected chi connectivity index (χ1v) is 12.0. The van der Waals surface area contributed by atoms with Crippen LogP contribution in [0.1, 0.15) is 53.2 Å². The van der Waals surface area contributed by atoms with E-state index in [1.165, 1.54) is 37.3 Å². The number of halogens is 7. The van der Waals surface area contributed by atoms with Crippen LogP contribution in [0.4, 0.5) is 30.7 Å². The molecule has 1 saturated heterocycles. The third-order valence-corrected chi connectivity index (χ3v) is 7.18. The van der Waals surface area contributed by atoms with Crippen LogP contribution in [0.5, 0.6) is 0 Å². The van der Waals surface area contributed by atoms with Gasteiger partial charge in [0.15, 0.2) is 0 Å². The summed E-state index contributed by atoms with van der Waals surface area (Å²) in [5.41, 5.74) is -1.13. The molecule has 5 rings (SSSR count). The highest BCUT2D eigenvalue weighted by Gasteiger charge is 2.48. The van der Waals surface area contributed by atoms with Crippen molar-refractivity contribution in [2.45, 2.75) is 49.9 Å². The molecule has 0 bridgehead atoms. The molecular formula is C27H22F7N3O2. The van der Waals surface area contributed by atoms with E-state index in [9.17, 15) is 35.5 Å². The molecule has 39 heavy (non-hydrogen) atoms. The second-order valence-corrected chi connectivity index (χ2v) is 9.65. The van der Waals surface area contributed by atoms with Crippen molar-refractivity contribution in [2.24, 2.45) is 0 Å². The summed E-state index contributed by atoms with van der Waals surface area (Å²) in [7, 11) is 0. The van der Waals surface area contributed by atoms with Gasteiger partial charge in [-0.05, 0) is 60.4 Å². The van der Waals surface area contributed by atoms with Gasteiger partial charge in [-0.25, -0.2) is 4.39 Å². The Kier molecular flexibility index (Phi) is 6.78. The number of carbonyl (C=O) groups excluding carboxylic acids is 1. The van der Waals surface area contributed by atoms with Gasteiger partial charge in [-0.2, -0.15) is 31.4 Å². The molecular weight excluding hydrogens is 531 g/mol. The minimum atomic E-state index is -5.00. The van der Waals surface area contributed by atoms with Crippen LogP contribution < -0.4 is 0 Å². The Hall–Kier alpha value is -3.67. The maximum atomic E-state index is 13.7. The van der Waals surface area contributed by atoms with Crippen LogP contribution in [0, 0.1) is 5.82 Å². The number of aromatic amines is 1. The standard InChI is InChI=1S/C27H22F7N3O2/c1-14(16-6-19(26(29,30)31)10-20(7-16)27(32,33)34)39-23-13-37-22(25(23)15-2-4-21(28)5-3-15)8-17(9-24(37)38)18-11-35-36-12-18/h2-7,9-12,14,22-23,25H,8,13H2,1H3,(H,35,36)/t14?,22-,23-,25?/m0/s1. The van der Waals surface area contributed by atoms with Crippen molar-refractivity contribution in [3.63, 3.8) is 0 Å². The van der Waals surface area contributed by atoms with Gasteiger partial charge in [0.1, 0.15) is 5.82 Å². The van der Waals surface area contributed by atoms with Crippen LogP contribution in [0.15, 0.2) is 60.9 Å². The average Bonchev–Trinajstić information content (AvgIpc) is 3.52. The van der Waals surface area contributed by atoms with Crippen LogP contribution in [-0.4, -0.2) is 39.7 Å². The molecule has 1 amide bonds. The number of H-pyrrole nitrogens is 1. The molecule has 0 radical (unpaired) electrons. The van der Waals surface area contributed by atoms with Crippen molar-refractivity contribution < 1.29 is 40.3 Å². The number of alkyl halides is 6. The van der Waals surface area contributed by atoms with Crippen molar-refractivity contribution in [3.05, 3.63) is 94.6 Å². The zero-order chi connectivity index (χ0) is 28.1. The van der Waals surface area contributed by atoms with E-state index in [-0.39, 0.29) is 24.1 Å². The fourth-order valence-corrected chi connectivity index (χ4v) is 5.32. The highest BCUT2D eigenvalue weighted by molar-refractivity contribution is 5.97. The highest BCUT2D eigenvalue weighted by Crippen LogP contribution is 2.45. The second kappa shape index (κ2) is 9.82. The molecule has 2 aromatic carbocycles. The summed E-state index contributed by atoms with van der Waals surface area (Å²) >= 11 is 0. The lowest BCUT2D eigenvalue weighted by Gasteiger charge is -2.32. The van der Waals surface area contributed by atoms with Crippen molar-refractivity contribution in [1.29, 1.82) is 0 Å². The number of nitrogens with zero attached hydrogens (tertiary/aromatic N) is 2. The van der Waals surface area contributed by atoms with Crippen LogP contribution in [-0.2, 0) is 21.9 Å². The number of hydrogen-bond donors (Lipinski definition) is 1. The molecule has 1 fully saturated rings. The van der Waals surface area contributed by atoms with Gasteiger partial charge in [-0.15, -0.1) is 0 Å². The number of ether oxygens (including phenoxy) is 1. The van der Waals surface area contributed by atoms with E-state index < -0.39 is 53.5 Å². The quantitative estimate of drug-likeness (QED) is 0.367. The minimum Gasteiger partial charge on any atom is -0.368 e. The van der Waals surface area contributed by atoms with E-state index in [1.807, 2.05) is 0 Å². The van der Waals surface area contributed by atoms with Gasteiger partial charge in [-0.1, -0.05) is 12.1 Å². The number of benzene rings is 2. The lowest BCUT2D eigenvalue weighted by atomic mass is 9.84. The van der Waals surface area contributed by atoms with E-state index in [1.54, 1.807) is 17.3 Å². The van der Waals surface area contributed by atoms with Gasteiger partial charge in [0, 0.05) is 36.3 Å². The molecule has 2 aliphatic heterocycles. The van der Waals surface area contributed by atoms with Crippen LogP contribution in [0.3, 0.4) is 0 Å². The first-order valence-electron chi connectivity index (χ1n) is 12.0. The third kappa shape index (κ3) is 5.42. The average molecular weight is 553 g/mol. The van der Waals surface area contributed by atoms with Gasteiger partial charge in [0.05, 0.1) is 29.5 Å². The van der Waals surface area contributed by atoms with E-state index >= 15 is 0 Å². The number of fused-ring (bicyclic) bond motifs is 1. The number of nitrogens with one attached hydrogen (secondary N) is 1. The van der Waals surface area contributed by atoms with E-state index in [0.29, 0.717) is 35.3 Å². The lowest BCUT2D eigenvalue weighted by molar-refractivity contribution is -0.143. The van der Waals surface area contributed by atoms with Crippen molar-refractivity contribution in [3.8, 4) is 0 Å². The predicted molar refractivity (Wildman–Crippen MR) is 126 cm³/mol. The smallest absolute Gasteiger partial charge is 0.368 e. The zero-order valence-electron chi connectivity index (χ0n) is 20.4. The van der Waals surface area contributed by atoms with Crippen molar-refractivity contribution in [2.75, 3.05) is 6.54 Å². The van der Waals surface area contributed by atoms with Gasteiger partial charge >= 0.3 is 12.4 Å². The first kappa shape index (κ1) is 26.9. The third-order valence-electron chi connectivity index (χ3n) is 7.18. The summed E-state index contributed by atoms with van der Waals surface area (Å²) in [6.45, 7) is 1.42. The normalized spacial score (nSPS) is 22.6. The van der Waals surface area contributed by atoms with Gasteiger partial charge in [0.25, 0.3) is 0 Å². The maximum Gasteiger partial charge on any atom is 0.416 e. The maximum absolute atomic E-state index is 13.7. The van der Waals surface area contributed by atoms with Gasteiger partial charge in [0.2, 0.25) is 5.91 Å². The van der Waals surface area contributed by atoms with E-state index in [2.05, 4.69) is 10.2 Å². The van der Waals surface area contributed by atoms with Crippen LogP contribution >= 0.6 is 0 Å². The largest absolute Gasteiger partial charge is 0.416 e. The fraction of sp³-hybridized carbons (Fsp3) is 0.333. The Balaban J connectivity index is 1.49. The number of rotatable bonds is 5. The molecule has 206 valence electrons. The van der Waals surface area contributed by atoms with Gasteiger partial charge < -0.3 is 9.64 Å².